The van der Waals surface area contributed by atoms with Gasteiger partial charge in [-0.05, 0) is 36.2 Å². The van der Waals surface area contributed by atoms with Gasteiger partial charge in [0.25, 0.3) is 0 Å². The normalized spacial score (nSPS) is 13.2. The molecule has 3 nitrogen and oxygen atoms in total. The number of pyridine rings is 2. The van der Waals surface area contributed by atoms with Crippen molar-refractivity contribution in [3.63, 3.8) is 0 Å². The minimum absolute atomic E-state index is 0. The SMILES string of the molecule is Fc1ccc2c(c1)oc1c[c-]c(-c3cc(CC4CCCC4)ccn3)cc12.[CH3][Ge]([CH3])([CH3])[c]1cnc(-c2[c-]cccc2)cc1-c1ccccc1.[Ir]. The second-order valence-corrected chi connectivity index (χ2v) is 24.4. The predicted octanol–water partition coefficient (Wildman–Crippen LogP) is 11.1. The van der Waals surface area contributed by atoms with E-state index in [0.29, 0.717) is 5.58 Å². The molecule has 0 amide bonds. The molecule has 1 radical (unpaired) electrons. The van der Waals surface area contributed by atoms with Crippen LogP contribution in [-0.4, -0.2) is 23.2 Å². The molecule has 1 aliphatic carbocycles. The molecule has 7 aromatic rings. The zero-order valence-electron chi connectivity index (χ0n) is 28.1. The number of benzene rings is 4. The maximum absolute atomic E-state index is 13.4. The first-order valence-electron chi connectivity index (χ1n) is 16.8. The van der Waals surface area contributed by atoms with E-state index < -0.39 is 13.3 Å². The van der Waals surface area contributed by atoms with Crippen LogP contribution in [0, 0.1) is 23.9 Å². The van der Waals surface area contributed by atoms with Crippen LogP contribution in [0.5, 0.6) is 0 Å². The average molecular weight is 884 g/mol. The summed E-state index contributed by atoms with van der Waals surface area (Å²) in [6.45, 7) is 0. The third-order valence-electron chi connectivity index (χ3n) is 9.25. The number of aromatic nitrogens is 2. The van der Waals surface area contributed by atoms with Crippen LogP contribution in [-0.2, 0) is 26.5 Å². The van der Waals surface area contributed by atoms with Gasteiger partial charge in [-0.2, -0.15) is 0 Å². The van der Waals surface area contributed by atoms with Crippen molar-refractivity contribution < 1.29 is 28.9 Å². The van der Waals surface area contributed by atoms with Crippen LogP contribution in [0.25, 0.3) is 55.6 Å². The van der Waals surface area contributed by atoms with E-state index in [0.717, 1.165) is 51.2 Å². The van der Waals surface area contributed by atoms with E-state index >= 15 is 0 Å². The van der Waals surface area contributed by atoms with Gasteiger partial charge in [0.1, 0.15) is 11.4 Å². The van der Waals surface area contributed by atoms with Gasteiger partial charge in [-0.3, -0.25) is 0 Å². The molecule has 0 atom stereocenters. The van der Waals surface area contributed by atoms with E-state index in [2.05, 4.69) is 95.2 Å². The molecule has 249 valence electrons. The van der Waals surface area contributed by atoms with Crippen molar-refractivity contribution >= 4 is 39.6 Å². The largest absolute Gasteiger partial charge is 0 e. The number of hydrogen-bond donors (Lipinski definition) is 0. The van der Waals surface area contributed by atoms with E-state index in [4.69, 9.17) is 9.40 Å². The monoisotopic (exact) mass is 885 g/mol. The quantitative estimate of drug-likeness (QED) is 0.123. The third kappa shape index (κ3) is 8.12. The first-order valence-corrected chi connectivity index (χ1v) is 24.2. The van der Waals surface area contributed by atoms with E-state index in [1.165, 1.54) is 58.9 Å². The van der Waals surface area contributed by atoms with Crippen LogP contribution in [0.15, 0.2) is 120 Å². The number of furan rings is 1. The molecule has 8 rings (SSSR count). The number of halogens is 1. The minimum atomic E-state index is -1.99. The maximum atomic E-state index is 13.4. The molecule has 1 saturated carbocycles. The molecule has 3 aromatic heterocycles. The van der Waals surface area contributed by atoms with Crippen molar-refractivity contribution in [3.05, 3.63) is 139 Å². The molecule has 0 spiro atoms. The molecule has 0 unspecified atom stereocenters. The Morgan fingerprint density at radius 2 is 1.55 bits per heavy atom. The smallest absolute Gasteiger partial charge is 0 e. The summed E-state index contributed by atoms with van der Waals surface area (Å²) in [5, 5.41) is 1.88. The molecule has 0 aliphatic heterocycles. The van der Waals surface area contributed by atoms with Gasteiger partial charge in [-0.25, -0.2) is 4.39 Å². The van der Waals surface area contributed by atoms with E-state index in [9.17, 15) is 4.39 Å². The molecule has 49 heavy (non-hydrogen) atoms. The topological polar surface area (TPSA) is 38.9 Å². The first kappa shape index (κ1) is 34.9. The van der Waals surface area contributed by atoms with Crippen molar-refractivity contribution in [2.24, 2.45) is 5.92 Å². The molecule has 3 heterocycles. The summed E-state index contributed by atoms with van der Waals surface area (Å²) in [7, 11) is 0. The molecule has 0 bridgehead atoms. The van der Waals surface area contributed by atoms with Crippen LogP contribution >= 0.6 is 0 Å². The molecule has 4 aromatic carbocycles. The Morgan fingerprint density at radius 1 is 0.776 bits per heavy atom. The number of nitrogens with zero attached hydrogens (tertiary/aromatic N) is 2. The molecule has 0 N–H and O–H groups in total. The molecule has 1 fully saturated rings. The zero-order chi connectivity index (χ0) is 33.1. The Hall–Kier alpha value is -3.90. The summed E-state index contributed by atoms with van der Waals surface area (Å²) >= 11 is -1.99. The molecular weight excluding hydrogens is 844 g/mol. The maximum Gasteiger partial charge on any atom is 0 e. The minimum Gasteiger partial charge on any atom is 0 e. The van der Waals surface area contributed by atoms with E-state index in [-0.39, 0.29) is 25.9 Å². The Bertz CT molecular complexity index is 2170. The van der Waals surface area contributed by atoms with Gasteiger partial charge < -0.3 is 9.40 Å². The van der Waals surface area contributed by atoms with Crippen LogP contribution in [0.2, 0.25) is 17.3 Å². The van der Waals surface area contributed by atoms with Gasteiger partial charge >= 0.3 is 135 Å². The fraction of sp³-hybridized carbons (Fsp3) is 0.209. The Balaban J connectivity index is 0.000000169. The average Bonchev–Trinajstić information content (AvgIpc) is 3.75. The van der Waals surface area contributed by atoms with Crippen LogP contribution < -0.4 is 4.40 Å². The Labute approximate surface area is 304 Å². The number of hydrogen-bond acceptors (Lipinski definition) is 3. The van der Waals surface area contributed by atoms with Gasteiger partial charge in [-0.1, -0.05) is 42.7 Å². The van der Waals surface area contributed by atoms with Gasteiger partial charge in [0, 0.05) is 37.8 Å². The second-order valence-electron chi connectivity index (χ2n) is 13.8. The van der Waals surface area contributed by atoms with Gasteiger partial charge in [0.15, 0.2) is 0 Å². The van der Waals surface area contributed by atoms with Crippen molar-refractivity contribution in [2.75, 3.05) is 0 Å². The zero-order valence-corrected chi connectivity index (χ0v) is 32.6. The summed E-state index contributed by atoms with van der Waals surface area (Å²) < 4.78 is 20.6. The van der Waals surface area contributed by atoms with Gasteiger partial charge in [-0.15, -0.1) is 23.8 Å². The fourth-order valence-corrected chi connectivity index (χ4v) is 9.85. The van der Waals surface area contributed by atoms with E-state index in [1.54, 1.807) is 6.07 Å². The fourth-order valence-electron chi connectivity index (χ4n) is 6.75. The van der Waals surface area contributed by atoms with Crippen LogP contribution in [0.3, 0.4) is 0 Å². The van der Waals surface area contributed by atoms with Crippen molar-refractivity contribution in [2.45, 2.75) is 49.4 Å². The van der Waals surface area contributed by atoms with Crippen LogP contribution in [0.4, 0.5) is 4.39 Å². The Morgan fingerprint density at radius 3 is 2.31 bits per heavy atom. The first-order chi connectivity index (χ1) is 23.3. The van der Waals surface area contributed by atoms with Gasteiger partial charge in [0.05, 0.1) is 5.58 Å². The summed E-state index contributed by atoms with van der Waals surface area (Å²) in [5.74, 6) is 7.76. The molecular formula is C43H39FGeIrN2O-2. The predicted molar refractivity (Wildman–Crippen MR) is 198 cm³/mol. The van der Waals surface area contributed by atoms with Crippen LogP contribution in [0.1, 0.15) is 31.2 Å². The van der Waals surface area contributed by atoms with Gasteiger partial charge in [0.2, 0.25) is 0 Å². The standard InChI is InChI=1S/C23H19FNO.C20H20GeN.Ir/c24-18-6-7-19-20-13-17(5-8-22(20)26-23(19)14-18)21-12-16(9-10-25-21)11-15-3-1-2-4-15;1-21(2,3)19-15-22-20(17-12-8-5-9-13-17)14-18(19)16-10-6-4-7-11-16;/h6-10,12-15H,1-4,11H2;4-12,14-15H,1-3H3;/q2*-1;. The molecule has 0 saturated heterocycles. The van der Waals surface area contributed by atoms with E-state index in [1.807, 2.05) is 36.5 Å². The molecule has 6 heteroatoms. The molecule has 1 aliphatic rings. The van der Waals surface area contributed by atoms with Crippen molar-refractivity contribution in [1.29, 1.82) is 0 Å². The van der Waals surface area contributed by atoms with Crippen molar-refractivity contribution in [1.82, 2.24) is 9.97 Å². The summed E-state index contributed by atoms with van der Waals surface area (Å²) in [4.78, 5) is 9.26. The summed E-state index contributed by atoms with van der Waals surface area (Å²) in [6.07, 6.45) is 10.5. The van der Waals surface area contributed by atoms with Crippen molar-refractivity contribution in [3.8, 4) is 33.6 Å². The summed E-state index contributed by atoms with van der Waals surface area (Å²) in [6, 6.07) is 40.3. The third-order valence-corrected chi connectivity index (χ3v) is 13.5. The number of rotatable bonds is 6. The summed E-state index contributed by atoms with van der Waals surface area (Å²) in [5.41, 5.74) is 9.15. The Kier molecular flexibility index (Phi) is 10.9. The number of fused-ring (bicyclic) bond motifs is 3. The second kappa shape index (κ2) is 15.3.